The first-order valence-corrected chi connectivity index (χ1v) is 4.42. The van der Waals surface area contributed by atoms with Crippen molar-refractivity contribution in [3.05, 3.63) is 0 Å². The first kappa shape index (κ1) is 13.9. The van der Waals surface area contributed by atoms with Gasteiger partial charge in [-0.05, 0) is 6.92 Å². The molecule has 0 aliphatic carbocycles. The number of carbonyl (C=O) groups excluding carboxylic acids is 2. The van der Waals surface area contributed by atoms with Crippen molar-refractivity contribution >= 4 is 11.9 Å². The van der Waals surface area contributed by atoms with Crippen molar-refractivity contribution in [3.63, 3.8) is 0 Å². The fourth-order valence-corrected chi connectivity index (χ4v) is 1.13. The summed E-state index contributed by atoms with van der Waals surface area (Å²) in [6.07, 6.45) is -0.251. The third-order valence-electron chi connectivity index (χ3n) is 2.14. The Hall–Kier alpha value is -2.08. The molecule has 0 aliphatic heterocycles. The molecule has 0 fully saturated rings. The van der Waals surface area contributed by atoms with Crippen LogP contribution in [0.15, 0.2) is 0 Å². The van der Waals surface area contributed by atoms with E-state index in [9.17, 15) is 9.59 Å². The maximum atomic E-state index is 11.3. The van der Waals surface area contributed by atoms with Crippen LogP contribution in [0.5, 0.6) is 0 Å². The Labute approximate surface area is 93.4 Å². The van der Waals surface area contributed by atoms with Gasteiger partial charge in [0, 0.05) is 6.42 Å². The van der Waals surface area contributed by atoms with E-state index < -0.39 is 23.3 Å². The third-order valence-corrected chi connectivity index (χ3v) is 2.14. The van der Waals surface area contributed by atoms with E-state index >= 15 is 0 Å². The van der Waals surface area contributed by atoms with Crippen molar-refractivity contribution in [2.75, 3.05) is 14.2 Å². The van der Waals surface area contributed by atoms with E-state index in [1.54, 1.807) is 12.1 Å². The van der Waals surface area contributed by atoms with E-state index in [2.05, 4.69) is 9.47 Å². The molecule has 0 radical (unpaired) electrons. The van der Waals surface area contributed by atoms with Crippen LogP contribution in [-0.4, -0.2) is 26.2 Å². The number of hydrogen-bond donors (Lipinski definition) is 0. The molecular weight excluding hydrogens is 212 g/mol. The lowest BCUT2D eigenvalue weighted by atomic mass is 9.82. The second-order valence-corrected chi connectivity index (χ2v) is 3.34. The van der Waals surface area contributed by atoms with Gasteiger partial charge in [-0.3, -0.25) is 9.59 Å². The molecule has 6 nitrogen and oxygen atoms in total. The fourth-order valence-electron chi connectivity index (χ4n) is 1.13. The summed E-state index contributed by atoms with van der Waals surface area (Å²) in [6, 6.07) is 3.43. The lowest BCUT2D eigenvalue weighted by Gasteiger charge is -2.19. The zero-order valence-corrected chi connectivity index (χ0v) is 9.31. The number of hydrogen-bond acceptors (Lipinski definition) is 6. The van der Waals surface area contributed by atoms with Crippen molar-refractivity contribution in [3.8, 4) is 12.1 Å². The topological polar surface area (TPSA) is 100 Å². The number of rotatable bonds is 4. The first-order chi connectivity index (χ1) is 7.45. The fraction of sp³-hybridized carbons (Fsp3) is 0.600. The third kappa shape index (κ3) is 2.96. The number of carbonyl (C=O) groups is 2. The molecule has 0 saturated carbocycles. The highest BCUT2D eigenvalue weighted by molar-refractivity contribution is 5.82. The Balaban J connectivity index is 4.92. The molecule has 0 aromatic carbocycles. The average molecular weight is 224 g/mol. The largest absolute Gasteiger partial charge is 0.468 e. The van der Waals surface area contributed by atoms with Crippen molar-refractivity contribution in [1.82, 2.24) is 0 Å². The van der Waals surface area contributed by atoms with Crippen LogP contribution in [0.3, 0.4) is 0 Å². The van der Waals surface area contributed by atoms with Gasteiger partial charge in [0.2, 0.25) is 0 Å². The van der Waals surface area contributed by atoms with E-state index in [4.69, 9.17) is 10.5 Å². The van der Waals surface area contributed by atoms with Crippen LogP contribution >= 0.6 is 0 Å². The average Bonchev–Trinajstić information content (AvgIpc) is 2.33. The van der Waals surface area contributed by atoms with Gasteiger partial charge in [-0.25, -0.2) is 0 Å². The lowest BCUT2D eigenvalue weighted by Crippen LogP contribution is -2.32. The smallest absolute Gasteiger partial charge is 0.325 e. The van der Waals surface area contributed by atoms with E-state index in [0.29, 0.717) is 0 Å². The van der Waals surface area contributed by atoms with Crippen molar-refractivity contribution < 1.29 is 19.1 Å². The monoisotopic (exact) mass is 224 g/mol. The molecule has 0 aromatic rings. The van der Waals surface area contributed by atoms with Gasteiger partial charge in [0.05, 0.1) is 26.4 Å². The van der Waals surface area contributed by atoms with Crippen LogP contribution in [0.1, 0.15) is 13.3 Å². The second-order valence-electron chi connectivity index (χ2n) is 3.34. The van der Waals surface area contributed by atoms with Crippen molar-refractivity contribution in [2.45, 2.75) is 13.3 Å². The van der Waals surface area contributed by atoms with Crippen LogP contribution in [0.2, 0.25) is 0 Å². The highest BCUT2D eigenvalue weighted by Crippen LogP contribution is 2.27. The van der Waals surface area contributed by atoms with E-state index in [1.807, 2.05) is 0 Å². The van der Waals surface area contributed by atoms with Crippen LogP contribution in [0, 0.1) is 34.0 Å². The van der Waals surface area contributed by atoms with Gasteiger partial charge in [-0.2, -0.15) is 10.5 Å². The molecule has 0 aromatic heterocycles. The van der Waals surface area contributed by atoms with Crippen LogP contribution in [0.25, 0.3) is 0 Å². The Morgan fingerprint density at radius 2 is 1.88 bits per heavy atom. The minimum Gasteiger partial charge on any atom is -0.468 e. The molecule has 86 valence electrons. The van der Waals surface area contributed by atoms with Gasteiger partial charge in [0.25, 0.3) is 0 Å². The molecule has 0 bridgehead atoms. The van der Waals surface area contributed by atoms with Gasteiger partial charge in [0.1, 0.15) is 5.92 Å². The molecule has 0 rings (SSSR count). The quantitative estimate of drug-likeness (QED) is 0.640. The molecule has 0 aliphatic rings. The van der Waals surface area contributed by atoms with Crippen LogP contribution in [0.4, 0.5) is 0 Å². The summed E-state index contributed by atoms with van der Waals surface area (Å²) >= 11 is 0. The molecule has 0 amide bonds. The van der Waals surface area contributed by atoms with E-state index in [0.717, 1.165) is 14.2 Å². The summed E-state index contributed by atoms with van der Waals surface area (Å²) in [7, 11) is 2.27. The van der Waals surface area contributed by atoms with E-state index in [1.165, 1.54) is 6.92 Å². The zero-order chi connectivity index (χ0) is 12.8. The van der Waals surface area contributed by atoms with Gasteiger partial charge >= 0.3 is 11.9 Å². The van der Waals surface area contributed by atoms with Crippen LogP contribution < -0.4 is 0 Å². The predicted molar refractivity (Wildman–Crippen MR) is 51.5 cm³/mol. The first-order valence-electron chi connectivity index (χ1n) is 4.42. The van der Waals surface area contributed by atoms with Gasteiger partial charge in [0.15, 0.2) is 5.41 Å². The summed E-state index contributed by atoms with van der Waals surface area (Å²) in [5, 5.41) is 17.6. The molecular formula is C10H12N2O4. The molecule has 0 spiro atoms. The summed E-state index contributed by atoms with van der Waals surface area (Å²) in [5.41, 5.74) is -1.52. The summed E-state index contributed by atoms with van der Waals surface area (Å²) < 4.78 is 8.83. The summed E-state index contributed by atoms with van der Waals surface area (Å²) in [4.78, 5) is 22.5. The standard InChI is InChI=1S/C10H12N2O4/c1-10(6-12,9(14)16-3)4-7(5-11)8(13)15-2/h7H,4H2,1-3H3. The molecule has 0 heterocycles. The molecule has 2 unspecified atom stereocenters. The maximum Gasteiger partial charge on any atom is 0.325 e. The molecule has 0 N–H and O–H groups in total. The minimum absolute atomic E-state index is 0.251. The number of methoxy groups -OCH3 is 2. The van der Waals surface area contributed by atoms with Crippen LogP contribution in [-0.2, 0) is 19.1 Å². The van der Waals surface area contributed by atoms with Crippen molar-refractivity contribution in [1.29, 1.82) is 10.5 Å². The van der Waals surface area contributed by atoms with Crippen molar-refractivity contribution in [2.24, 2.45) is 11.3 Å². The Kier molecular flexibility index (Phi) is 4.97. The molecule has 16 heavy (non-hydrogen) atoms. The summed E-state index contributed by atoms with van der Waals surface area (Å²) in [6.45, 7) is 1.31. The number of esters is 2. The second kappa shape index (κ2) is 5.72. The van der Waals surface area contributed by atoms with E-state index in [-0.39, 0.29) is 6.42 Å². The van der Waals surface area contributed by atoms with Gasteiger partial charge in [-0.1, -0.05) is 0 Å². The normalized spacial score (nSPS) is 14.8. The Morgan fingerprint density at radius 1 is 1.31 bits per heavy atom. The molecule has 6 heteroatoms. The van der Waals surface area contributed by atoms with Gasteiger partial charge < -0.3 is 9.47 Å². The number of ether oxygens (including phenoxy) is 2. The van der Waals surface area contributed by atoms with Gasteiger partial charge in [-0.15, -0.1) is 0 Å². The molecule has 2 atom stereocenters. The number of nitriles is 2. The highest BCUT2D eigenvalue weighted by atomic mass is 16.5. The predicted octanol–water partition coefficient (Wildman–Crippen LogP) is 0.392. The zero-order valence-electron chi connectivity index (χ0n) is 9.31. The molecule has 0 saturated heterocycles. The maximum absolute atomic E-state index is 11.3. The summed E-state index contributed by atoms with van der Waals surface area (Å²) in [5.74, 6) is -2.71. The highest BCUT2D eigenvalue weighted by Gasteiger charge is 2.39. The SMILES string of the molecule is COC(=O)C(C#N)CC(C)(C#N)C(=O)OC. The number of nitrogens with zero attached hydrogens (tertiary/aromatic N) is 2. The Bertz CT molecular complexity index is 366. The lowest BCUT2D eigenvalue weighted by molar-refractivity contribution is -0.151. The minimum atomic E-state index is -1.52. The Morgan fingerprint density at radius 3 is 2.19 bits per heavy atom.